The molecule has 1 saturated heterocycles. The van der Waals surface area contributed by atoms with Crippen LogP contribution in [-0.4, -0.2) is 43.2 Å². The second kappa shape index (κ2) is 7.77. The van der Waals surface area contributed by atoms with E-state index >= 15 is 0 Å². The molecule has 25 heavy (non-hydrogen) atoms. The van der Waals surface area contributed by atoms with E-state index in [0.717, 1.165) is 19.3 Å². The lowest BCUT2D eigenvalue weighted by molar-refractivity contribution is -0.149. The summed E-state index contributed by atoms with van der Waals surface area (Å²) in [4.78, 5) is 13.8. The molecule has 0 radical (unpaired) electrons. The summed E-state index contributed by atoms with van der Waals surface area (Å²) in [6, 6.07) is 8.38. The monoisotopic (exact) mass is 354 g/mol. The van der Waals surface area contributed by atoms with Crippen LogP contribution in [0.4, 0.5) is 13.2 Å². The molecule has 3 rings (SSSR count). The van der Waals surface area contributed by atoms with E-state index in [2.05, 4.69) is 23.5 Å². The molecule has 138 valence electrons. The van der Waals surface area contributed by atoms with Gasteiger partial charge in [-0.2, -0.15) is 13.2 Å². The average molecular weight is 354 g/mol. The number of carbonyl (C=O) groups excluding carboxylic acids is 1. The van der Waals surface area contributed by atoms with Crippen LogP contribution in [0.3, 0.4) is 0 Å². The Bertz CT molecular complexity index is 595. The number of halogens is 3. The molecule has 6 heteroatoms. The zero-order chi connectivity index (χ0) is 17.9. The number of nitrogens with zero attached hydrogens (tertiary/aromatic N) is 1. The van der Waals surface area contributed by atoms with Crippen molar-refractivity contribution in [2.45, 2.75) is 44.2 Å². The van der Waals surface area contributed by atoms with Gasteiger partial charge in [0.2, 0.25) is 5.91 Å². The number of amides is 1. The Kier molecular flexibility index (Phi) is 5.67. The van der Waals surface area contributed by atoms with Gasteiger partial charge < -0.3 is 5.32 Å². The maximum Gasteiger partial charge on any atom is 0.401 e. The van der Waals surface area contributed by atoms with Crippen LogP contribution < -0.4 is 5.32 Å². The van der Waals surface area contributed by atoms with Crippen LogP contribution in [0.25, 0.3) is 0 Å². The van der Waals surface area contributed by atoms with Gasteiger partial charge in [0, 0.05) is 18.4 Å². The molecule has 0 saturated carbocycles. The van der Waals surface area contributed by atoms with Crippen LogP contribution >= 0.6 is 0 Å². The lowest BCUT2D eigenvalue weighted by atomic mass is 9.82. The summed E-state index contributed by atoms with van der Waals surface area (Å²) in [7, 11) is 0. The number of carbonyl (C=O) groups is 1. The summed E-state index contributed by atoms with van der Waals surface area (Å²) in [6.07, 6.45) is 0.142. The fourth-order valence-electron chi connectivity index (χ4n) is 4.04. The van der Waals surface area contributed by atoms with E-state index in [-0.39, 0.29) is 11.8 Å². The molecule has 0 aromatic heterocycles. The number of nitrogens with one attached hydrogen (secondary N) is 1. The Labute approximate surface area is 146 Å². The first-order valence-electron chi connectivity index (χ1n) is 9.07. The number of aryl methyl sites for hydroxylation is 1. The van der Waals surface area contributed by atoms with Gasteiger partial charge in [-0.15, -0.1) is 0 Å². The van der Waals surface area contributed by atoms with Crippen LogP contribution in [0, 0.1) is 5.92 Å². The van der Waals surface area contributed by atoms with Crippen LogP contribution in [-0.2, 0) is 11.2 Å². The third-order valence-corrected chi connectivity index (χ3v) is 5.38. The van der Waals surface area contributed by atoms with Crippen molar-refractivity contribution >= 4 is 5.91 Å². The number of hydrogen-bond acceptors (Lipinski definition) is 2. The molecule has 0 bridgehead atoms. The van der Waals surface area contributed by atoms with Gasteiger partial charge in [-0.1, -0.05) is 24.3 Å². The molecule has 1 aromatic carbocycles. The lowest BCUT2D eigenvalue weighted by Crippen LogP contribution is -2.44. The molecular formula is C19H25F3N2O. The molecule has 2 aliphatic rings. The smallest absolute Gasteiger partial charge is 0.355 e. The summed E-state index contributed by atoms with van der Waals surface area (Å²) >= 11 is 0. The first-order valence-corrected chi connectivity index (χ1v) is 9.07. The van der Waals surface area contributed by atoms with E-state index in [1.165, 1.54) is 16.0 Å². The molecule has 1 fully saturated rings. The molecule has 1 amide bonds. The van der Waals surface area contributed by atoms with E-state index in [0.29, 0.717) is 38.4 Å². The van der Waals surface area contributed by atoms with Crippen molar-refractivity contribution in [3.05, 3.63) is 35.4 Å². The highest BCUT2D eigenvalue weighted by atomic mass is 19.4. The topological polar surface area (TPSA) is 32.3 Å². The zero-order valence-electron chi connectivity index (χ0n) is 14.3. The van der Waals surface area contributed by atoms with Crippen LogP contribution in [0.5, 0.6) is 0 Å². The van der Waals surface area contributed by atoms with Crippen molar-refractivity contribution in [2.24, 2.45) is 5.92 Å². The third-order valence-electron chi connectivity index (χ3n) is 5.38. The lowest BCUT2D eigenvalue weighted by Gasteiger charge is -2.32. The first-order chi connectivity index (χ1) is 11.9. The van der Waals surface area contributed by atoms with Crippen molar-refractivity contribution in [1.82, 2.24) is 10.2 Å². The fraction of sp³-hybridized carbons (Fsp3) is 0.632. The second-order valence-corrected chi connectivity index (χ2v) is 7.20. The van der Waals surface area contributed by atoms with Crippen molar-refractivity contribution < 1.29 is 18.0 Å². The molecule has 0 unspecified atom stereocenters. The number of piperidine rings is 1. The van der Waals surface area contributed by atoms with Crippen molar-refractivity contribution in [2.75, 3.05) is 26.2 Å². The number of rotatable bonds is 4. The average Bonchev–Trinajstić information content (AvgIpc) is 2.59. The molecule has 1 heterocycles. The standard InChI is InChI=1S/C19H25F3N2O/c20-19(21,22)13-24-10-8-15(9-11-24)18(25)23-12-16-6-3-5-14-4-1-2-7-17(14)16/h1-2,4,7,15-16H,3,5-6,8-13H2,(H,23,25)/t16-/m1/s1. The van der Waals surface area contributed by atoms with Crippen molar-refractivity contribution in [3.8, 4) is 0 Å². The fourth-order valence-corrected chi connectivity index (χ4v) is 4.04. The number of fused-ring (bicyclic) bond motifs is 1. The van der Waals surface area contributed by atoms with Crippen molar-refractivity contribution in [3.63, 3.8) is 0 Å². The van der Waals surface area contributed by atoms with E-state index in [1.807, 2.05) is 6.07 Å². The van der Waals surface area contributed by atoms with Gasteiger partial charge in [-0.25, -0.2) is 0 Å². The van der Waals surface area contributed by atoms with Gasteiger partial charge in [-0.05, 0) is 56.3 Å². The largest absolute Gasteiger partial charge is 0.401 e. The number of likely N-dealkylation sites (tertiary alicyclic amines) is 1. The summed E-state index contributed by atoms with van der Waals surface area (Å²) in [5.74, 6) is 0.178. The van der Waals surface area contributed by atoms with Gasteiger partial charge in [0.15, 0.2) is 0 Å². The maximum atomic E-state index is 12.4. The Balaban J connectivity index is 1.47. The number of benzene rings is 1. The quantitative estimate of drug-likeness (QED) is 0.898. The molecule has 1 N–H and O–H groups in total. The zero-order valence-corrected chi connectivity index (χ0v) is 14.3. The van der Waals surface area contributed by atoms with Gasteiger partial charge in [0.1, 0.15) is 0 Å². The SMILES string of the molecule is O=C(NC[C@H]1CCCc2ccccc21)C1CCN(CC(F)(F)F)CC1. The van der Waals surface area contributed by atoms with Crippen LogP contribution in [0.2, 0.25) is 0 Å². The molecule has 1 aliphatic heterocycles. The number of alkyl halides is 3. The summed E-state index contributed by atoms with van der Waals surface area (Å²) in [5.41, 5.74) is 2.70. The van der Waals surface area contributed by atoms with Gasteiger partial charge >= 0.3 is 6.18 Å². The Hall–Kier alpha value is -1.56. The molecule has 0 spiro atoms. The van der Waals surface area contributed by atoms with Crippen LogP contribution in [0.1, 0.15) is 42.7 Å². The third kappa shape index (κ3) is 4.97. The minimum Gasteiger partial charge on any atom is -0.355 e. The van der Waals surface area contributed by atoms with Crippen molar-refractivity contribution in [1.29, 1.82) is 0 Å². The van der Waals surface area contributed by atoms with E-state index < -0.39 is 12.7 Å². The Morgan fingerprint density at radius 3 is 2.60 bits per heavy atom. The molecule has 1 atom stereocenters. The van der Waals surface area contributed by atoms with Gasteiger partial charge in [0.25, 0.3) is 0 Å². The number of hydrogen-bond donors (Lipinski definition) is 1. The Morgan fingerprint density at radius 1 is 1.16 bits per heavy atom. The second-order valence-electron chi connectivity index (χ2n) is 7.20. The Morgan fingerprint density at radius 2 is 1.88 bits per heavy atom. The molecule has 3 nitrogen and oxygen atoms in total. The van der Waals surface area contributed by atoms with E-state index in [9.17, 15) is 18.0 Å². The van der Waals surface area contributed by atoms with Crippen LogP contribution in [0.15, 0.2) is 24.3 Å². The first kappa shape index (κ1) is 18.2. The predicted molar refractivity (Wildman–Crippen MR) is 90.3 cm³/mol. The minimum absolute atomic E-state index is 0.00490. The summed E-state index contributed by atoms with van der Waals surface area (Å²) in [6.45, 7) is 0.423. The van der Waals surface area contributed by atoms with E-state index in [1.54, 1.807) is 0 Å². The highest BCUT2D eigenvalue weighted by Crippen LogP contribution is 2.31. The molecule has 1 aromatic rings. The highest BCUT2D eigenvalue weighted by Gasteiger charge is 2.34. The summed E-state index contributed by atoms with van der Waals surface area (Å²) < 4.78 is 37.3. The summed E-state index contributed by atoms with van der Waals surface area (Å²) in [5, 5.41) is 3.05. The molecule has 1 aliphatic carbocycles. The minimum atomic E-state index is -4.16. The van der Waals surface area contributed by atoms with Gasteiger partial charge in [-0.3, -0.25) is 9.69 Å². The maximum absolute atomic E-state index is 12.4. The molecular weight excluding hydrogens is 329 g/mol. The highest BCUT2D eigenvalue weighted by molar-refractivity contribution is 5.78. The normalized spacial score (nSPS) is 22.4. The predicted octanol–water partition coefficient (Wildman–Crippen LogP) is 3.50. The van der Waals surface area contributed by atoms with Gasteiger partial charge in [0.05, 0.1) is 6.54 Å². The van der Waals surface area contributed by atoms with E-state index in [4.69, 9.17) is 0 Å².